The van der Waals surface area contributed by atoms with Crippen LogP contribution in [0.3, 0.4) is 0 Å². The second-order valence-electron chi connectivity index (χ2n) is 5.84. The lowest BCUT2D eigenvalue weighted by Crippen LogP contribution is -2.28. The summed E-state index contributed by atoms with van der Waals surface area (Å²) in [6.07, 6.45) is 2.67. The molecule has 8 heteroatoms. The fraction of sp³-hybridized carbons (Fsp3) is 0.375. The van der Waals surface area contributed by atoms with E-state index in [0.29, 0.717) is 23.0 Å². The molecule has 1 atom stereocenters. The van der Waals surface area contributed by atoms with Gasteiger partial charge in [0.2, 0.25) is 0 Å². The molecule has 1 unspecified atom stereocenters. The van der Waals surface area contributed by atoms with E-state index in [2.05, 4.69) is 25.4 Å². The minimum Gasteiger partial charge on any atom is -0.316 e. The maximum atomic E-state index is 12.9. The molecule has 6 nitrogen and oxygen atoms in total. The van der Waals surface area contributed by atoms with Gasteiger partial charge in [-0.2, -0.15) is 5.10 Å². The first-order valence-corrected chi connectivity index (χ1v) is 7.88. The van der Waals surface area contributed by atoms with E-state index in [1.165, 1.54) is 23.0 Å². The van der Waals surface area contributed by atoms with Gasteiger partial charge in [0.05, 0.1) is 11.9 Å². The lowest BCUT2D eigenvalue weighted by molar-refractivity contribution is 0.144. The number of piperidine rings is 1. The van der Waals surface area contributed by atoms with Crippen molar-refractivity contribution in [3.63, 3.8) is 0 Å². The van der Waals surface area contributed by atoms with E-state index in [1.807, 2.05) is 6.07 Å². The van der Waals surface area contributed by atoms with Crippen LogP contribution < -0.4 is 5.32 Å². The van der Waals surface area contributed by atoms with Crippen LogP contribution in [-0.2, 0) is 0 Å². The zero-order chi connectivity index (χ0) is 16.5. The normalized spacial score (nSPS) is 18.4. The highest BCUT2D eigenvalue weighted by molar-refractivity contribution is 5.59. The number of nitrogens with zero attached hydrogens (tertiary/aromatic N) is 5. The molecule has 4 rings (SSSR count). The van der Waals surface area contributed by atoms with Gasteiger partial charge in [-0.05, 0) is 37.6 Å². The molecule has 1 fully saturated rings. The Bertz CT molecular complexity index is 857. The minimum absolute atomic E-state index is 0.285. The Balaban J connectivity index is 1.75. The van der Waals surface area contributed by atoms with Crippen molar-refractivity contribution in [3.05, 3.63) is 42.1 Å². The molecular formula is C16H16F2N6. The van der Waals surface area contributed by atoms with Crippen LogP contribution in [-0.4, -0.2) is 37.7 Å². The van der Waals surface area contributed by atoms with Crippen molar-refractivity contribution in [2.24, 2.45) is 0 Å². The summed E-state index contributed by atoms with van der Waals surface area (Å²) in [5, 5.41) is 7.35. The van der Waals surface area contributed by atoms with Gasteiger partial charge in [-0.1, -0.05) is 0 Å². The molecule has 1 aliphatic heterocycles. The van der Waals surface area contributed by atoms with Crippen molar-refractivity contribution in [2.45, 2.75) is 25.2 Å². The molecular weight excluding hydrogens is 314 g/mol. The number of aromatic nitrogens is 5. The van der Waals surface area contributed by atoms with E-state index in [9.17, 15) is 8.78 Å². The predicted molar refractivity (Wildman–Crippen MR) is 83.8 cm³/mol. The summed E-state index contributed by atoms with van der Waals surface area (Å²) >= 11 is 0. The number of fused-ring (bicyclic) bond motifs is 1. The highest BCUT2D eigenvalue weighted by atomic mass is 19.3. The van der Waals surface area contributed by atoms with Crippen LogP contribution in [0.25, 0.3) is 17.0 Å². The molecule has 1 saturated heterocycles. The Morgan fingerprint density at radius 2 is 2.12 bits per heavy atom. The predicted octanol–water partition coefficient (Wildman–Crippen LogP) is 2.59. The molecule has 0 aromatic carbocycles. The van der Waals surface area contributed by atoms with Crippen LogP contribution in [0.1, 0.15) is 36.6 Å². The number of hydrogen-bond donors (Lipinski definition) is 1. The van der Waals surface area contributed by atoms with E-state index in [4.69, 9.17) is 0 Å². The van der Waals surface area contributed by atoms with Gasteiger partial charge in [-0.3, -0.25) is 0 Å². The summed E-state index contributed by atoms with van der Waals surface area (Å²) < 4.78 is 27.2. The highest BCUT2D eigenvalue weighted by Crippen LogP contribution is 2.25. The van der Waals surface area contributed by atoms with Gasteiger partial charge in [-0.15, -0.1) is 0 Å². The Morgan fingerprint density at radius 3 is 2.92 bits per heavy atom. The molecule has 0 bridgehead atoms. The molecule has 1 N–H and O–H groups in total. The van der Waals surface area contributed by atoms with Crippen molar-refractivity contribution in [1.29, 1.82) is 0 Å². The summed E-state index contributed by atoms with van der Waals surface area (Å²) in [5.41, 5.74) is 2.39. The summed E-state index contributed by atoms with van der Waals surface area (Å²) in [6, 6.07) is 4.72. The lowest BCUT2D eigenvalue weighted by atomic mass is 9.95. The zero-order valence-electron chi connectivity index (χ0n) is 12.9. The van der Waals surface area contributed by atoms with Gasteiger partial charge in [0.1, 0.15) is 17.7 Å². The third kappa shape index (κ3) is 2.73. The Kier molecular flexibility index (Phi) is 3.89. The molecule has 24 heavy (non-hydrogen) atoms. The van der Waals surface area contributed by atoms with Crippen LogP contribution in [0.15, 0.2) is 30.7 Å². The Labute approximate surface area is 137 Å². The van der Waals surface area contributed by atoms with Crippen molar-refractivity contribution in [3.8, 4) is 11.4 Å². The number of halogens is 2. The topological polar surface area (TPSA) is 68.0 Å². The van der Waals surface area contributed by atoms with Gasteiger partial charge in [0.25, 0.3) is 6.43 Å². The molecule has 3 aromatic heterocycles. The lowest BCUT2D eigenvalue weighted by Gasteiger charge is -2.22. The molecule has 0 saturated carbocycles. The average molecular weight is 330 g/mol. The number of hydrogen-bond acceptors (Lipinski definition) is 5. The van der Waals surface area contributed by atoms with Crippen molar-refractivity contribution in [1.82, 2.24) is 29.9 Å². The van der Waals surface area contributed by atoms with Gasteiger partial charge >= 0.3 is 0 Å². The second-order valence-corrected chi connectivity index (χ2v) is 5.84. The second kappa shape index (κ2) is 6.20. The molecule has 0 amide bonds. The first-order valence-electron chi connectivity index (χ1n) is 7.88. The number of imidazole rings is 1. The quantitative estimate of drug-likeness (QED) is 0.799. The molecule has 0 radical (unpaired) electrons. The fourth-order valence-electron chi connectivity index (χ4n) is 3.02. The number of nitrogens with one attached hydrogen (secondary N) is 1. The van der Waals surface area contributed by atoms with E-state index in [-0.39, 0.29) is 5.69 Å². The van der Waals surface area contributed by atoms with Crippen LogP contribution in [0.5, 0.6) is 0 Å². The summed E-state index contributed by atoms with van der Waals surface area (Å²) in [7, 11) is 0. The van der Waals surface area contributed by atoms with Crippen LogP contribution in [0.2, 0.25) is 0 Å². The van der Waals surface area contributed by atoms with Gasteiger partial charge in [-0.25, -0.2) is 28.2 Å². The number of alkyl halides is 2. The van der Waals surface area contributed by atoms with Gasteiger partial charge in [0.15, 0.2) is 5.65 Å². The van der Waals surface area contributed by atoms with Crippen molar-refractivity contribution >= 4 is 5.65 Å². The summed E-state index contributed by atoms with van der Waals surface area (Å²) in [4.78, 5) is 12.9. The molecule has 0 spiro atoms. The SMILES string of the molecule is FC(F)c1ccc2ncc(-c3cc(C4CCCNC4)ncn3)n2n1. The monoisotopic (exact) mass is 330 g/mol. The largest absolute Gasteiger partial charge is 0.316 e. The minimum atomic E-state index is -2.63. The van der Waals surface area contributed by atoms with Crippen LogP contribution in [0, 0.1) is 0 Å². The summed E-state index contributed by atoms with van der Waals surface area (Å²) in [6.45, 7) is 1.92. The zero-order valence-corrected chi connectivity index (χ0v) is 12.9. The van der Waals surface area contributed by atoms with Gasteiger partial charge in [0, 0.05) is 18.2 Å². The third-order valence-corrected chi connectivity index (χ3v) is 4.27. The van der Waals surface area contributed by atoms with E-state index >= 15 is 0 Å². The third-order valence-electron chi connectivity index (χ3n) is 4.27. The Hall–Kier alpha value is -2.48. The van der Waals surface area contributed by atoms with Crippen molar-refractivity contribution < 1.29 is 8.78 Å². The van der Waals surface area contributed by atoms with E-state index in [0.717, 1.165) is 31.6 Å². The first-order chi connectivity index (χ1) is 11.7. The molecule has 124 valence electrons. The first kappa shape index (κ1) is 15.1. The van der Waals surface area contributed by atoms with Gasteiger partial charge < -0.3 is 5.32 Å². The van der Waals surface area contributed by atoms with Crippen molar-refractivity contribution in [2.75, 3.05) is 13.1 Å². The average Bonchev–Trinajstić information content (AvgIpc) is 3.05. The van der Waals surface area contributed by atoms with Crippen LogP contribution in [0.4, 0.5) is 8.78 Å². The maximum Gasteiger partial charge on any atom is 0.282 e. The molecule has 0 aliphatic carbocycles. The Morgan fingerprint density at radius 1 is 1.21 bits per heavy atom. The standard InChI is InChI=1S/C16H16F2N6/c17-16(18)11-3-4-15-20-8-14(24(15)23-11)13-6-12(21-9-22-13)10-2-1-5-19-7-10/h3-4,6,8-10,16,19H,1-2,5,7H2. The highest BCUT2D eigenvalue weighted by Gasteiger charge is 2.19. The van der Waals surface area contributed by atoms with E-state index < -0.39 is 6.43 Å². The molecule has 3 aromatic rings. The fourth-order valence-corrected chi connectivity index (χ4v) is 3.02. The summed E-state index contributed by atoms with van der Waals surface area (Å²) in [5.74, 6) is 0.337. The maximum absolute atomic E-state index is 12.9. The molecule has 4 heterocycles. The van der Waals surface area contributed by atoms with E-state index in [1.54, 1.807) is 6.20 Å². The van der Waals surface area contributed by atoms with Crippen LogP contribution >= 0.6 is 0 Å². The molecule has 1 aliphatic rings. The smallest absolute Gasteiger partial charge is 0.282 e. The number of rotatable bonds is 3.